The maximum Gasteiger partial charge on any atom is 0.124 e. The molecule has 2 aliphatic rings. The van der Waals surface area contributed by atoms with E-state index in [0.29, 0.717) is 5.75 Å². The Morgan fingerprint density at radius 3 is 1.14 bits per heavy atom. The van der Waals surface area contributed by atoms with Crippen molar-refractivity contribution >= 4 is 10.8 Å². The predicted molar refractivity (Wildman–Crippen MR) is 301 cm³/mol. The smallest absolute Gasteiger partial charge is 0.124 e. The minimum atomic E-state index is -0.00260. The first-order valence-electron chi connectivity index (χ1n) is 28.7. The summed E-state index contributed by atoms with van der Waals surface area (Å²) in [6, 6.07) is 44.5. The lowest BCUT2D eigenvalue weighted by molar-refractivity contribution is 0.398. The van der Waals surface area contributed by atoms with Crippen molar-refractivity contribution in [3.8, 4) is 50.3 Å². The van der Waals surface area contributed by atoms with Crippen LogP contribution < -0.4 is 0 Å². The summed E-state index contributed by atoms with van der Waals surface area (Å²) < 4.78 is 0. The Morgan fingerprint density at radius 2 is 0.681 bits per heavy atom. The standard InChI is InChI=1S/C68H88O/c1-5-9-13-17-21-29-45-67(46-30-22-18-14-10-6-2)61-35-27-25-33-57(61)59-42-38-53(50-63(59)67)52-37-41-56-54(49-52)40-44-65(69)66(56)55-39-43-60-58-34-26-28-36-62(58)68(64(60)51-55,47-31-23-19-15-11-7-3)48-32-24-20-16-12-8-4/h25-28,33-44,49-51,69H,5-24,29-32,45-48H2,1-4H3. The fourth-order valence-electron chi connectivity index (χ4n) is 13.2. The number of unbranched alkanes of at least 4 members (excludes halogenated alkanes) is 20. The molecule has 8 rings (SSSR count). The molecule has 1 N–H and O–H groups in total. The Labute approximate surface area is 420 Å². The molecule has 0 fully saturated rings. The molecule has 0 aromatic heterocycles. The molecule has 0 spiro atoms. The van der Waals surface area contributed by atoms with Gasteiger partial charge in [-0.1, -0.05) is 273 Å². The van der Waals surface area contributed by atoms with Crippen LogP contribution in [0.15, 0.2) is 115 Å². The monoisotopic (exact) mass is 921 g/mol. The zero-order valence-electron chi connectivity index (χ0n) is 43.7. The second-order valence-electron chi connectivity index (χ2n) is 21.7. The van der Waals surface area contributed by atoms with Gasteiger partial charge in [0.25, 0.3) is 0 Å². The number of rotatable bonds is 30. The van der Waals surface area contributed by atoms with Gasteiger partial charge >= 0.3 is 0 Å². The third-order valence-corrected chi connectivity index (χ3v) is 17.0. The number of hydrogen-bond acceptors (Lipinski definition) is 1. The quantitative estimate of drug-likeness (QED) is 0.0446. The van der Waals surface area contributed by atoms with Crippen LogP contribution in [-0.2, 0) is 10.8 Å². The molecule has 0 bridgehead atoms. The summed E-state index contributed by atoms with van der Waals surface area (Å²) in [5.41, 5.74) is 16.6. The summed E-state index contributed by atoms with van der Waals surface area (Å²) >= 11 is 0. The van der Waals surface area contributed by atoms with E-state index in [1.807, 2.05) is 6.07 Å². The molecule has 0 heterocycles. The largest absolute Gasteiger partial charge is 0.507 e. The highest BCUT2D eigenvalue weighted by Gasteiger charge is 2.43. The molecule has 2 aliphatic carbocycles. The molecule has 0 amide bonds. The lowest BCUT2D eigenvalue weighted by Gasteiger charge is -2.33. The highest BCUT2D eigenvalue weighted by atomic mass is 16.3. The molecule has 1 nitrogen and oxygen atoms in total. The van der Waals surface area contributed by atoms with E-state index in [1.165, 1.54) is 230 Å². The van der Waals surface area contributed by atoms with Gasteiger partial charge in [-0.05, 0) is 122 Å². The lowest BCUT2D eigenvalue weighted by atomic mass is 9.70. The van der Waals surface area contributed by atoms with Gasteiger partial charge in [-0.15, -0.1) is 0 Å². The van der Waals surface area contributed by atoms with Crippen molar-refractivity contribution in [2.45, 2.75) is 218 Å². The van der Waals surface area contributed by atoms with Crippen LogP contribution >= 0.6 is 0 Å². The van der Waals surface area contributed by atoms with Crippen LogP contribution in [0.25, 0.3) is 55.3 Å². The third-order valence-electron chi connectivity index (χ3n) is 17.0. The first-order chi connectivity index (χ1) is 34.0. The Balaban J connectivity index is 1.14. The average Bonchev–Trinajstić information content (AvgIpc) is 3.81. The van der Waals surface area contributed by atoms with Crippen molar-refractivity contribution in [3.05, 3.63) is 138 Å². The predicted octanol–water partition coefficient (Wildman–Crippen LogP) is 21.4. The minimum Gasteiger partial charge on any atom is -0.507 e. The van der Waals surface area contributed by atoms with E-state index >= 15 is 0 Å². The molecule has 6 aromatic rings. The van der Waals surface area contributed by atoms with Crippen molar-refractivity contribution in [2.24, 2.45) is 0 Å². The molecule has 6 aromatic carbocycles. The van der Waals surface area contributed by atoms with Crippen LogP contribution in [0.1, 0.15) is 230 Å². The van der Waals surface area contributed by atoms with Gasteiger partial charge in [0.15, 0.2) is 0 Å². The maximum absolute atomic E-state index is 11.9. The van der Waals surface area contributed by atoms with E-state index in [2.05, 4.69) is 137 Å². The summed E-state index contributed by atoms with van der Waals surface area (Å²) in [6.07, 6.45) is 36.5. The molecule has 0 saturated heterocycles. The average molecular weight is 921 g/mol. The Kier molecular flexibility index (Phi) is 18.4. The van der Waals surface area contributed by atoms with Crippen molar-refractivity contribution < 1.29 is 5.11 Å². The van der Waals surface area contributed by atoms with Gasteiger partial charge in [-0.2, -0.15) is 0 Å². The van der Waals surface area contributed by atoms with Crippen molar-refractivity contribution in [1.29, 1.82) is 0 Å². The minimum absolute atomic E-state index is 0.00260. The highest BCUT2D eigenvalue weighted by molar-refractivity contribution is 6.02. The zero-order chi connectivity index (χ0) is 47.9. The fourth-order valence-corrected chi connectivity index (χ4v) is 13.2. The van der Waals surface area contributed by atoms with Crippen molar-refractivity contribution in [1.82, 2.24) is 0 Å². The summed E-state index contributed by atoms with van der Waals surface area (Å²) in [7, 11) is 0. The van der Waals surface area contributed by atoms with Crippen LogP contribution in [-0.4, -0.2) is 5.11 Å². The SMILES string of the molecule is CCCCCCCCC1(CCCCCCCC)c2ccccc2-c2ccc(-c3ccc4c(-c5ccc6c(c5)C(CCCCCCCC)(CCCCCCCC)c5ccccc5-6)c(O)ccc4c3)cc21. The highest BCUT2D eigenvalue weighted by Crippen LogP contribution is 2.57. The summed E-state index contributed by atoms with van der Waals surface area (Å²) in [6.45, 7) is 9.28. The second kappa shape index (κ2) is 25.0. The van der Waals surface area contributed by atoms with Crippen LogP contribution in [0, 0.1) is 0 Å². The number of hydrogen-bond donors (Lipinski definition) is 1. The molecule has 0 radical (unpaired) electrons. The lowest BCUT2D eigenvalue weighted by Crippen LogP contribution is -2.25. The topological polar surface area (TPSA) is 20.2 Å². The van der Waals surface area contributed by atoms with Crippen LogP contribution in [0.4, 0.5) is 0 Å². The Morgan fingerprint density at radius 1 is 0.319 bits per heavy atom. The second-order valence-corrected chi connectivity index (χ2v) is 21.7. The summed E-state index contributed by atoms with van der Waals surface area (Å²) in [5, 5.41) is 14.2. The van der Waals surface area contributed by atoms with Crippen molar-refractivity contribution in [2.75, 3.05) is 0 Å². The Hall–Kier alpha value is -4.62. The zero-order valence-corrected chi connectivity index (χ0v) is 43.7. The number of aromatic hydroxyl groups is 1. The number of fused-ring (bicyclic) bond motifs is 7. The van der Waals surface area contributed by atoms with Gasteiger partial charge in [-0.3, -0.25) is 0 Å². The molecular formula is C68H88O. The molecule has 0 aliphatic heterocycles. The van der Waals surface area contributed by atoms with E-state index in [0.717, 1.165) is 16.5 Å². The fraction of sp³-hybridized carbons (Fsp3) is 0.500. The number of phenolic OH excluding ortho intramolecular Hbond substituents is 1. The van der Waals surface area contributed by atoms with E-state index < -0.39 is 0 Å². The summed E-state index contributed by atoms with van der Waals surface area (Å²) in [5.74, 6) is 0.368. The molecule has 69 heavy (non-hydrogen) atoms. The first-order valence-corrected chi connectivity index (χ1v) is 28.7. The van der Waals surface area contributed by atoms with Crippen LogP contribution in [0.3, 0.4) is 0 Å². The number of benzene rings is 6. The normalized spacial score (nSPS) is 14.0. The van der Waals surface area contributed by atoms with Gasteiger partial charge < -0.3 is 5.11 Å². The molecule has 366 valence electrons. The van der Waals surface area contributed by atoms with Crippen LogP contribution in [0.5, 0.6) is 5.75 Å². The van der Waals surface area contributed by atoms with Crippen molar-refractivity contribution in [3.63, 3.8) is 0 Å². The van der Waals surface area contributed by atoms with Gasteiger partial charge in [0.2, 0.25) is 0 Å². The third kappa shape index (κ3) is 11.3. The number of phenols is 1. The Bertz CT molecular complexity index is 2520. The maximum atomic E-state index is 11.9. The summed E-state index contributed by atoms with van der Waals surface area (Å²) in [4.78, 5) is 0. The van der Waals surface area contributed by atoms with E-state index in [-0.39, 0.29) is 10.8 Å². The van der Waals surface area contributed by atoms with Gasteiger partial charge in [0.1, 0.15) is 5.75 Å². The van der Waals surface area contributed by atoms with Gasteiger partial charge in [-0.25, -0.2) is 0 Å². The van der Waals surface area contributed by atoms with E-state index in [1.54, 1.807) is 11.1 Å². The van der Waals surface area contributed by atoms with E-state index in [4.69, 9.17) is 0 Å². The van der Waals surface area contributed by atoms with Crippen LogP contribution in [0.2, 0.25) is 0 Å². The van der Waals surface area contributed by atoms with E-state index in [9.17, 15) is 5.11 Å². The molecule has 0 atom stereocenters. The van der Waals surface area contributed by atoms with Gasteiger partial charge in [0.05, 0.1) is 0 Å². The molecule has 1 heteroatoms. The first kappa shape index (κ1) is 50.8. The molecule has 0 saturated carbocycles. The van der Waals surface area contributed by atoms with Gasteiger partial charge in [0, 0.05) is 16.4 Å². The molecular weight excluding hydrogens is 833 g/mol. The molecule has 0 unspecified atom stereocenters.